The van der Waals surface area contributed by atoms with E-state index in [-0.39, 0.29) is 0 Å². The molecule has 0 aliphatic carbocycles. The minimum Gasteiger partial charge on any atom is -0.356 e. The number of likely N-dealkylation sites (tertiary alicyclic amines) is 1. The Morgan fingerprint density at radius 1 is 1.39 bits per heavy atom. The van der Waals surface area contributed by atoms with Crippen LogP contribution in [0, 0.1) is 5.92 Å². The van der Waals surface area contributed by atoms with Crippen molar-refractivity contribution in [2.45, 2.75) is 26.3 Å². The Hall–Kier alpha value is -1.07. The van der Waals surface area contributed by atoms with Gasteiger partial charge in [0.1, 0.15) is 0 Å². The normalized spacial score (nSPS) is 19.7. The molecule has 1 aromatic rings. The minimum absolute atomic E-state index is 0.724. The molecule has 1 aromatic carbocycles. The summed E-state index contributed by atoms with van der Waals surface area (Å²) in [6, 6.07) is 8.46. The van der Waals surface area contributed by atoms with Gasteiger partial charge in [-0.2, -0.15) is 0 Å². The highest BCUT2D eigenvalue weighted by atomic mass is 79.9. The van der Waals surface area contributed by atoms with Gasteiger partial charge in [-0.25, -0.2) is 0 Å². The van der Waals surface area contributed by atoms with Crippen molar-refractivity contribution < 1.29 is 0 Å². The first kappa shape index (κ1) is 18.3. The molecule has 1 atom stereocenters. The Kier molecular flexibility index (Phi) is 7.37. The van der Waals surface area contributed by atoms with Gasteiger partial charge in [-0.15, -0.1) is 0 Å². The van der Waals surface area contributed by atoms with Gasteiger partial charge in [-0.3, -0.25) is 4.99 Å². The summed E-state index contributed by atoms with van der Waals surface area (Å²) >= 11 is 3.48. The third kappa shape index (κ3) is 5.81. The molecular formula is C18H29BrN4. The van der Waals surface area contributed by atoms with Crippen LogP contribution in [0.15, 0.2) is 33.7 Å². The number of aliphatic imine (C=N–C) groups is 1. The molecule has 1 aliphatic rings. The summed E-state index contributed by atoms with van der Waals surface area (Å²) in [7, 11) is 3.95. The number of nitrogens with zero attached hydrogens (tertiary/aromatic N) is 3. The fourth-order valence-corrected chi connectivity index (χ4v) is 3.43. The van der Waals surface area contributed by atoms with E-state index < -0.39 is 0 Å². The first-order valence-electron chi connectivity index (χ1n) is 8.51. The molecule has 1 fully saturated rings. The number of nitrogens with one attached hydrogen (secondary N) is 1. The van der Waals surface area contributed by atoms with Crippen LogP contribution in [-0.2, 0) is 6.54 Å². The van der Waals surface area contributed by atoms with Crippen molar-refractivity contribution in [3.8, 4) is 0 Å². The molecule has 1 aliphatic heterocycles. The minimum atomic E-state index is 0.724. The molecule has 5 heteroatoms. The average Bonchev–Trinajstić information content (AvgIpc) is 2.57. The second-order valence-corrected chi connectivity index (χ2v) is 7.23. The number of halogens is 1. The molecule has 0 radical (unpaired) electrons. The van der Waals surface area contributed by atoms with Crippen LogP contribution in [-0.4, -0.2) is 56.0 Å². The second kappa shape index (κ2) is 9.28. The highest BCUT2D eigenvalue weighted by Gasteiger charge is 2.19. The molecule has 1 saturated heterocycles. The highest BCUT2D eigenvalue weighted by molar-refractivity contribution is 9.10. The van der Waals surface area contributed by atoms with Gasteiger partial charge in [-0.1, -0.05) is 35.0 Å². The van der Waals surface area contributed by atoms with Crippen LogP contribution in [0.4, 0.5) is 0 Å². The molecule has 0 aromatic heterocycles. The zero-order valence-corrected chi connectivity index (χ0v) is 16.1. The van der Waals surface area contributed by atoms with Crippen molar-refractivity contribution in [2.24, 2.45) is 10.9 Å². The van der Waals surface area contributed by atoms with Crippen molar-refractivity contribution in [1.29, 1.82) is 0 Å². The summed E-state index contributed by atoms with van der Waals surface area (Å²) in [5, 5.41) is 3.56. The van der Waals surface area contributed by atoms with E-state index in [0.29, 0.717) is 0 Å². The van der Waals surface area contributed by atoms with Crippen molar-refractivity contribution >= 4 is 21.9 Å². The standard InChI is InChI=1S/C18H29BrN4/c1-4-23-11-5-6-16(14-23)12-21-18(20-2)22(3)13-15-7-9-17(19)10-8-15/h7-10,16H,4-6,11-14H2,1-3H3,(H,20,21). The Morgan fingerprint density at radius 3 is 2.78 bits per heavy atom. The molecule has 0 bridgehead atoms. The van der Waals surface area contributed by atoms with E-state index in [1.165, 1.54) is 31.5 Å². The first-order valence-corrected chi connectivity index (χ1v) is 9.30. The van der Waals surface area contributed by atoms with Crippen molar-refractivity contribution in [3.05, 3.63) is 34.3 Å². The number of benzene rings is 1. The monoisotopic (exact) mass is 380 g/mol. The SMILES string of the molecule is CCN1CCCC(CNC(=NC)N(C)Cc2ccc(Br)cc2)C1. The lowest BCUT2D eigenvalue weighted by Gasteiger charge is -2.33. The maximum atomic E-state index is 4.43. The predicted octanol–water partition coefficient (Wildman–Crippen LogP) is 3.19. The Bertz CT molecular complexity index is 500. The van der Waals surface area contributed by atoms with Gasteiger partial charge in [0, 0.05) is 38.2 Å². The molecule has 4 nitrogen and oxygen atoms in total. The van der Waals surface area contributed by atoms with E-state index in [0.717, 1.165) is 36.0 Å². The van der Waals surface area contributed by atoms with Crippen molar-refractivity contribution in [1.82, 2.24) is 15.1 Å². The fraction of sp³-hybridized carbons (Fsp3) is 0.611. The zero-order valence-electron chi connectivity index (χ0n) is 14.6. The lowest BCUT2D eigenvalue weighted by Crippen LogP contribution is -2.44. The van der Waals surface area contributed by atoms with E-state index in [2.05, 4.69) is 74.3 Å². The molecule has 0 amide bonds. The van der Waals surface area contributed by atoms with E-state index in [1.807, 2.05) is 7.05 Å². The van der Waals surface area contributed by atoms with Crippen LogP contribution >= 0.6 is 15.9 Å². The number of guanidine groups is 1. The first-order chi connectivity index (χ1) is 11.1. The fourth-order valence-electron chi connectivity index (χ4n) is 3.16. The second-order valence-electron chi connectivity index (χ2n) is 6.31. The van der Waals surface area contributed by atoms with Gasteiger partial charge in [0.2, 0.25) is 0 Å². The van der Waals surface area contributed by atoms with Crippen molar-refractivity contribution in [2.75, 3.05) is 40.3 Å². The van der Waals surface area contributed by atoms with Crippen LogP contribution < -0.4 is 5.32 Å². The average molecular weight is 381 g/mol. The van der Waals surface area contributed by atoms with Gasteiger partial charge < -0.3 is 15.1 Å². The summed E-state index contributed by atoms with van der Waals surface area (Å²) < 4.78 is 1.11. The molecular weight excluding hydrogens is 352 g/mol. The maximum Gasteiger partial charge on any atom is 0.193 e. The number of rotatable bonds is 5. The topological polar surface area (TPSA) is 30.9 Å². The van der Waals surface area contributed by atoms with Gasteiger partial charge in [0.15, 0.2) is 5.96 Å². The summed E-state index contributed by atoms with van der Waals surface area (Å²) in [4.78, 5) is 9.16. The van der Waals surface area contributed by atoms with Crippen LogP contribution in [0.3, 0.4) is 0 Å². The Morgan fingerprint density at radius 2 is 2.13 bits per heavy atom. The molecule has 128 valence electrons. The molecule has 1 heterocycles. The smallest absolute Gasteiger partial charge is 0.193 e. The molecule has 2 rings (SSSR count). The van der Waals surface area contributed by atoms with Crippen LogP contribution in [0.25, 0.3) is 0 Å². The van der Waals surface area contributed by atoms with E-state index in [9.17, 15) is 0 Å². The van der Waals surface area contributed by atoms with Gasteiger partial charge in [0.05, 0.1) is 0 Å². The zero-order chi connectivity index (χ0) is 16.7. The highest BCUT2D eigenvalue weighted by Crippen LogP contribution is 2.15. The van der Waals surface area contributed by atoms with Crippen LogP contribution in [0.5, 0.6) is 0 Å². The summed E-state index contributed by atoms with van der Waals surface area (Å²) in [6.45, 7) is 7.74. The molecule has 0 saturated carbocycles. The molecule has 1 N–H and O–H groups in total. The lowest BCUT2D eigenvalue weighted by molar-refractivity contribution is 0.183. The summed E-state index contributed by atoms with van der Waals surface area (Å²) in [6.07, 6.45) is 2.63. The maximum absolute atomic E-state index is 4.43. The van der Waals surface area contributed by atoms with Crippen LogP contribution in [0.1, 0.15) is 25.3 Å². The quantitative estimate of drug-likeness (QED) is 0.628. The largest absolute Gasteiger partial charge is 0.356 e. The third-order valence-corrected chi connectivity index (χ3v) is 5.03. The van der Waals surface area contributed by atoms with Crippen molar-refractivity contribution in [3.63, 3.8) is 0 Å². The van der Waals surface area contributed by atoms with E-state index in [1.54, 1.807) is 0 Å². The van der Waals surface area contributed by atoms with E-state index in [4.69, 9.17) is 0 Å². The van der Waals surface area contributed by atoms with Gasteiger partial charge in [0.25, 0.3) is 0 Å². The van der Waals surface area contributed by atoms with Gasteiger partial charge >= 0.3 is 0 Å². The Balaban J connectivity index is 1.83. The number of hydrogen-bond donors (Lipinski definition) is 1. The third-order valence-electron chi connectivity index (χ3n) is 4.51. The summed E-state index contributed by atoms with van der Waals surface area (Å²) in [5.74, 6) is 1.70. The Labute approximate surface area is 149 Å². The number of hydrogen-bond acceptors (Lipinski definition) is 2. The molecule has 23 heavy (non-hydrogen) atoms. The van der Waals surface area contributed by atoms with Crippen LogP contribution in [0.2, 0.25) is 0 Å². The predicted molar refractivity (Wildman–Crippen MR) is 102 cm³/mol. The number of piperidine rings is 1. The summed E-state index contributed by atoms with van der Waals surface area (Å²) in [5.41, 5.74) is 1.29. The lowest BCUT2D eigenvalue weighted by atomic mass is 9.98. The van der Waals surface area contributed by atoms with E-state index >= 15 is 0 Å². The van der Waals surface area contributed by atoms with Gasteiger partial charge in [-0.05, 0) is 49.5 Å². The molecule has 1 unspecified atom stereocenters. The molecule has 0 spiro atoms.